The second-order valence-corrected chi connectivity index (χ2v) is 3.74. The zero-order chi connectivity index (χ0) is 11.7. The lowest BCUT2D eigenvalue weighted by Crippen LogP contribution is -2.01. The number of nitrogens with zero attached hydrogens (tertiary/aromatic N) is 3. The van der Waals surface area contributed by atoms with Crippen molar-refractivity contribution >= 4 is 28.5 Å². The molecule has 0 bridgehead atoms. The van der Waals surface area contributed by atoms with Gasteiger partial charge < -0.3 is 14.7 Å². The minimum atomic E-state index is 0.194. The Bertz CT molecular complexity index is 633. The molecule has 0 aliphatic heterocycles. The number of nitrogens with one attached hydrogen (secondary N) is 2. The van der Waals surface area contributed by atoms with Crippen molar-refractivity contribution in [2.75, 3.05) is 5.32 Å². The molecule has 7 heteroatoms. The highest BCUT2D eigenvalue weighted by Gasteiger charge is 2.07. The van der Waals surface area contributed by atoms with Crippen LogP contribution in [0.15, 0.2) is 29.3 Å². The molecule has 2 N–H and O–H groups in total. The Morgan fingerprint density at radius 2 is 2.35 bits per heavy atom. The van der Waals surface area contributed by atoms with Crippen molar-refractivity contribution in [1.82, 2.24) is 19.9 Å². The Morgan fingerprint density at radius 3 is 3.18 bits per heavy atom. The van der Waals surface area contributed by atoms with Gasteiger partial charge in [-0.15, -0.1) is 0 Å². The van der Waals surface area contributed by atoms with Crippen molar-refractivity contribution in [3.8, 4) is 0 Å². The lowest BCUT2D eigenvalue weighted by molar-refractivity contribution is 0.511. The molecule has 6 nitrogen and oxygen atoms in total. The highest BCUT2D eigenvalue weighted by Crippen LogP contribution is 2.21. The average molecular weight is 250 g/mol. The summed E-state index contributed by atoms with van der Waals surface area (Å²) < 4.78 is 5.12. The molecule has 0 radical (unpaired) electrons. The minimum absolute atomic E-state index is 0.194. The number of hydrogen-bond donors (Lipinski definition) is 2. The number of fused-ring (bicyclic) bond motifs is 1. The molecule has 0 spiro atoms. The molecule has 3 aromatic heterocycles. The lowest BCUT2D eigenvalue weighted by Gasteiger charge is -2.04. The Morgan fingerprint density at radius 1 is 1.41 bits per heavy atom. The molecule has 3 heterocycles. The topological polar surface area (TPSA) is 79.6 Å². The molecule has 0 atom stereocenters. The molecular formula is C10H8ClN5O. The Labute approximate surface area is 101 Å². The fraction of sp³-hybridized carbons (Fsp3) is 0.100. The third-order valence-corrected chi connectivity index (χ3v) is 2.47. The van der Waals surface area contributed by atoms with Crippen LogP contribution in [0.5, 0.6) is 0 Å². The number of aromatic amines is 1. The smallest absolute Gasteiger partial charge is 0.226 e. The zero-order valence-electron chi connectivity index (χ0n) is 8.64. The van der Waals surface area contributed by atoms with E-state index in [1.807, 2.05) is 6.07 Å². The van der Waals surface area contributed by atoms with Crippen molar-refractivity contribution in [2.24, 2.45) is 0 Å². The van der Waals surface area contributed by atoms with Gasteiger partial charge in [0, 0.05) is 6.20 Å². The van der Waals surface area contributed by atoms with E-state index in [2.05, 4.69) is 25.3 Å². The summed E-state index contributed by atoms with van der Waals surface area (Å²) in [5.74, 6) is 1.39. The standard InChI is InChI=1S/C10H8ClN5O/c11-10-15-8-7(1-2-13-8)9(16-10)14-4-6-3-12-5-17-6/h1-3,5H,4H2,(H2,13,14,15,16). The summed E-state index contributed by atoms with van der Waals surface area (Å²) in [4.78, 5) is 15.0. The first-order chi connectivity index (χ1) is 8.33. The second kappa shape index (κ2) is 4.06. The summed E-state index contributed by atoms with van der Waals surface area (Å²) in [6, 6.07) is 1.88. The number of H-pyrrole nitrogens is 1. The van der Waals surface area contributed by atoms with E-state index >= 15 is 0 Å². The summed E-state index contributed by atoms with van der Waals surface area (Å²) in [6.45, 7) is 0.494. The number of aromatic nitrogens is 4. The van der Waals surface area contributed by atoms with Crippen LogP contribution in [0.2, 0.25) is 5.28 Å². The molecule has 86 valence electrons. The quantitative estimate of drug-likeness (QED) is 0.696. The fourth-order valence-corrected chi connectivity index (χ4v) is 1.72. The maximum absolute atomic E-state index is 5.82. The summed E-state index contributed by atoms with van der Waals surface area (Å²) in [7, 11) is 0. The molecule has 0 saturated heterocycles. The van der Waals surface area contributed by atoms with Gasteiger partial charge in [-0.3, -0.25) is 0 Å². The number of oxazole rings is 1. The molecular weight excluding hydrogens is 242 g/mol. The van der Waals surface area contributed by atoms with E-state index < -0.39 is 0 Å². The van der Waals surface area contributed by atoms with Gasteiger partial charge in [0.2, 0.25) is 5.28 Å². The summed E-state index contributed by atoms with van der Waals surface area (Å²) in [6.07, 6.45) is 4.81. The van der Waals surface area contributed by atoms with Crippen molar-refractivity contribution in [2.45, 2.75) is 6.54 Å². The number of halogens is 1. The average Bonchev–Trinajstić information content (AvgIpc) is 2.95. The molecule has 0 aliphatic rings. The largest absolute Gasteiger partial charge is 0.447 e. The Balaban J connectivity index is 1.91. The Kier molecular flexibility index (Phi) is 2.41. The first kappa shape index (κ1) is 10.1. The van der Waals surface area contributed by atoms with Crippen molar-refractivity contribution in [1.29, 1.82) is 0 Å². The van der Waals surface area contributed by atoms with Crippen molar-refractivity contribution < 1.29 is 4.42 Å². The van der Waals surface area contributed by atoms with Crippen LogP contribution < -0.4 is 5.32 Å². The second-order valence-electron chi connectivity index (χ2n) is 3.40. The summed E-state index contributed by atoms with van der Waals surface area (Å²) in [5.41, 5.74) is 0.699. The zero-order valence-corrected chi connectivity index (χ0v) is 9.40. The molecule has 0 aromatic carbocycles. The monoisotopic (exact) mass is 249 g/mol. The molecule has 0 saturated carbocycles. The molecule has 0 amide bonds. The van der Waals surface area contributed by atoms with Gasteiger partial charge in [0.05, 0.1) is 18.1 Å². The van der Waals surface area contributed by atoms with Crippen LogP contribution in [-0.2, 0) is 6.54 Å². The van der Waals surface area contributed by atoms with Gasteiger partial charge in [-0.2, -0.15) is 4.98 Å². The van der Waals surface area contributed by atoms with E-state index in [0.717, 1.165) is 11.1 Å². The molecule has 3 aromatic rings. The van der Waals surface area contributed by atoms with E-state index in [4.69, 9.17) is 16.0 Å². The SMILES string of the molecule is Clc1nc(NCc2cnco2)c2cc[nH]c2n1. The molecule has 0 aliphatic carbocycles. The predicted octanol–water partition coefficient (Wildman–Crippen LogP) is 2.21. The number of rotatable bonds is 3. The first-order valence-electron chi connectivity index (χ1n) is 4.95. The normalized spacial score (nSPS) is 10.9. The van der Waals surface area contributed by atoms with E-state index in [-0.39, 0.29) is 5.28 Å². The van der Waals surface area contributed by atoms with Crippen LogP contribution in [0.4, 0.5) is 5.82 Å². The highest BCUT2D eigenvalue weighted by atomic mass is 35.5. The summed E-state index contributed by atoms with van der Waals surface area (Å²) in [5, 5.41) is 4.21. The van der Waals surface area contributed by atoms with Gasteiger partial charge in [0.15, 0.2) is 6.39 Å². The molecule has 0 unspecified atom stereocenters. The highest BCUT2D eigenvalue weighted by molar-refractivity contribution is 6.28. The van der Waals surface area contributed by atoms with Crippen LogP contribution in [0, 0.1) is 0 Å². The molecule has 3 rings (SSSR count). The molecule has 17 heavy (non-hydrogen) atoms. The van der Waals surface area contributed by atoms with Gasteiger partial charge in [0.1, 0.15) is 17.2 Å². The maximum atomic E-state index is 5.82. The number of anilines is 1. The van der Waals surface area contributed by atoms with Gasteiger partial charge in [-0.05, 0) is 17.7 Å². The van der Waals surface area contributed by atoms with E-state index in [9.17, 15) is 0 Å². The fourth-order valence-electron chi connectivity index (χ4n) is 1.55. The van der Waals surface area contributed by atoms with Crippen LogP contribution in [0.3, 0.4) is 0 Å². The van der Waals surface area contributed by atoms with E-state index in [0.29, 0.717) is 18.0 Å². The third-order valence-electron chi connectivity index (χ3n) is 2.30. The Hall–Kier alpha value is -2.08. The van der Waals surface area contributed by atoms with Gasteiger partial charge in [-0.1, -0.05) is 0 Å². The molecule has 0 fully saturated rings. The predicted molar refractivity (Wildman–Crippen MR) is 62.7 cm³/mol. The van der Waals surface area contributed by atoms with Crippen LogP contribution in [0.1, 0.15) is 5.76 Å². The van der Waals surface area contributed by atoms with E-state index in [1.54, 1.807) is 12.4 Å². The van der Waals surface area contributed by atoms with Crippen molar-refractivity contribution in [3.05, 3.63) is 35.9 Å². The van der Waals surface area contributed by atoms with Crippen LogP contribution >= 0.6 is 11.6 Å². The van der Waals surface area contributed by atoms with Gasteiger partial charge in [0.25, 0.3) is 0 Å². The first-order valence-corrected chi connectivity index (χ1v) is 5.32. The lowest BCUT2D eigenvalue weighted by atomic mass is 10.3. The maximum Gasteiger partial charge on any atom is 0.226 e. The van der Waals surface area contributed by atoms with Crippen LogP contribution in [0.25, 0.3) is 11.0 Å². The van der Waals surface area contributed by atoms with Gasteiger partial charge in [-0.25, -0.2) is 9.97 Å². The van der Waals surface area contributed by atoms with Gasteiger partial charge >= 0.3 is 0 Å². The minimum Gasteiger partial charge on any atom is -0.447 e. The number of hydrogen-bond acceptors (Lipinski definition) is 5. The van der Waals surface area contributed by atoms with Crippen molar-refractivity contribution in [3.63, 3.8) is 0 Å². The third kappa shape index (κ3) is 1.94. The van der Waals surface area contributed by atoms with Crippen LogP contribution in [-0.4, -0.2) is 19.9 Å². The summed E-state index contributed by atoms with van der Waals surface area (Å²) >= 11 is 5.82. The van der Waals surface area contributed by atoms with E-state index in [1.165, 1.54) is 6.39 Å².